The second kappa shape index (κ2) is 13.2. The topological polar surface area (TPSA) is 231 Å². The van der Waals surface area contributed by atoms with Crippen LogP contribution in [0, 0.1) is 11.8 Å². The highest BCUT2D eigenvalue weighted by Crippen LogP contribution is 2.08. The van der Waals surface area contributed by atoms with Gasteiger partial charge in [0, 0.05) is 6.42 Å². The number of amides is 4. The largest absolute Gasteiger partial charge is 0.481 e. The lowest BCUT2D eigenvalue weighted by Crippen LogP contribution is -2.59. The van der Waals surface area contributed by atoms with E-state index in [-0.39, 0.29) is 6.42 Å². The zero-order chi connectivity index (χ0) is 25.2. The van der Waals surface area contributed by atoms with Crippen LogP contribution in [-0.2, 0) is 28.8 Å². The van der Waals surface area contributed by atoms with Crippen LogP contribution in [0.2, 0.25) is 0 Å². The van der Waals surface area contributed by atoms with Crippen LogP contribution in [0.1, 0.15) is 47.0 Å². The molecular formula is C19H33N5O8. The van der Waals surface area contributed by atoms with Crippen molar-refractivity contribution >= 4 is 35.6 Å². The van der Waals surface area contributed by atoms with Crippen molar-refractivity contribution in [2.45, 2.75) is 71.1 Å². The molecule has 0 fully saturated rings. The van der Waals surface area contributed by atoms with Crippen LogP contribution < -0.4 is 27.4 Å². The van der Waals surface area contributed by atoms with E-state index in [1.54, 1.807) is 27.7 Å². The Morgan fingerprint density at radius 2 is 1.28 bits per heavy atom. The number of carbonyl (C=O) groups is 6. The molecular weight excluding hydrogens is 426 g/mol. The molecule has 4 unspecified atom stereocenters. The Balaban J connectivity index is 5.50. The van der Waals surface area contributed by atoms with E-state index < -0.39 is 84.4 Å². The standard InChI is InChI=1S/C19H33N5O8/c1-8(2)14(23-16(28)10(20)7-12(21)25)18(30)22-11(5-6-13(26)27)17(29)24-15(9(3)4)19(31)32/h8-11,14-15H,5-7,20H2,1-4H3,(H2,21,25)(H,22,30)(H,23,28)(H,24,29)(H,26,27)(H,31,32). The molecule has 0 saturated carbocycles. The van der Waals surface area contributed by atoms with Crippen molar-refractivity contribution in [3.63, 3.8) is 0 Å². The summed E-state index contributed by atoms with van der Waals surface area (Å²) >= 11 is 0. The van der Waals surface area contributed by atoms with Crippen molar-refractivity contribution in [3.8, 4) is 0 Å². The molecule has 32 heavy (non-hydrogen) atoms. The Morgan fingerprint density at radius 1 is 0.781 bits per heavy atom. The third-order valence-electron chi connectivity index (χ3n) is 4.52. The zero-order valence-corrected chi connectivity index (χ0v) is 18.6. The van der Waals surface area contributed by atoms with Gasteiger partial charge in [-0.15, -0.1) is 0 Å². The smallest absolute Gasteiger partial charge is 0.326 e. The highest BCUT2D eigenvalue weighted by molar-refractivity contribution is 5.95. The number of hydrogen-bond donors (Lipinski definition) is 7. The van der Waals surface area contributed by atoms with Gasteiger partial charge < -0.3 is 37.6 Å². The summed E-state index contributed by atoms with van der Waals surface area (Å²) in [6.45, 7) is 6.36. The van der Waals surface area contributed by atoms with Crippen molar-refractivity contribution in [3.05, 3.63) is 0 Å². The van der Waals surface area contributed by atoms with Gasteiger partial charge in [0.15, 0.2) is 0 Å². The third-order valence-corrected chi connectivity index (χ3v) is 4.52. The number of aliphatic carboxylic acids is 2. The van der Waals surface area contributed by atoms with E-state index in [0.717, 1.165) is 0 Å². The first kappa shape index (κ1) is 28.8. The lowest BCUT2D eigenvalue weighted by molar-refractivity contribution is -0.144. The van der Waals surface area contributed by atoms with Gasteiger partial charge in [-0.25, -0.2) is 4.79 Å². The molecule has 0 radical (unpaired) electrons. The number of rotatable bonds is 14. The number of carbonyl (C=O) groups excluding carboxylic acids is 4. The van der Waals surface area contributed by atoms with E-state index in [9.17, 15) is 33.9 Å². The van der Waals surface area contributed by atoms with Crippen LogP contribution in [0.25, 0.3) is 0 Å². The third kappa shape index (κ3) is 10.2. The Bertz CT molecular complexity index is 725. The Labute approximate surface area is 185 Å². The fraction of sp³-hybridized carbons (Fsp3) is 0.684. The SMILES string of the molecule is CC(C)C(NC(=O)C(CCC(=O)O)NC(=O)C(NC(=O)C(N)CC(N)=O)C(C)C)C(=O)O. The van der Waals surface area contributed by atoms with Crippen molar-refractivity contribution in [2.24, 2.45) is 23.3 Å². The quantitative estimate of drug-likeness (QED) is 0.151. The molecule has 0 aromatic heterocycles. The Hall–Kier alpha value is -3.22. The van der Waals surface area contributed by atoms with Crippen molar-refractivity contribution in [1.82, 2.24) is 16.0 Å². The van der Waals surface area contributed by atoms with Crippen molar-refractivity contribution in [2.75, 3.05) is 0 Å². The van der Waals surface area contributed by atoms with Gasteiger partial charge in [-0.05, 0) is 18.3 Å². The van der Waals surface area contributed by atoms with Crippen molar-refractivity contribution in [1.29, 1.82) is 0 Å². The fourth-order valence-electron chi connectivity index (χ4n) is 2.67. The van der Waals surface area contributed by atoms with E-state index in [4.69, 9.17) is 16.6 Å². The number of hydrogen-bond acceptors (Lipinski definition) is 7. The summed E-state index contributed by atoms with van der Waals surface area (Å²) in [6.07, 6.45) is -1.22. The van der Waals surface area contributed by atoms with Crippen LogP contribution in [0.15, 0.2) is 0 Å². The van der Waals surface area contributed by atoms with Gasteiger partial charge in [0.05, 0.1) is 12.5 Å². The summed E-state index contributed by atoms with van der Waals surface area (Å²) in [4.78, 5) is 70.8. The van der Waals surface area contributed by atoms with Gasteiger partial charge in [-0.1, -0.05) is 27.7 Å². The highest BCUT2D eigenvalue weighted by atomic mass is 16.4. The lowest BCUT2D eigenvalue weighted by atomic mass is 10.0. The summed E-state index contributed by atoms with van der Waals surface area (Å²) in [7, 11) is 0. The monoisotopic (exact) mass is 459 g/mol. The number of nitrogens with two attached hydrogens (primary N) is 2. The summed E-state index contributed by atoms with van der Waals surface area (Å²) in [5, 5.41) is 25.2. The molecule has 0 aliphatic heterocycles. The van der Waals surface area contributed by atoms with Gasteiger partial charge >= 0.3 is 11.9 Å². The predicted octanol–water partition coefficient (Wildman–Crippen LogP) is -2.10. The molecule has 0 aromatic carbocycles. The minimum atomic E-state index is -1.36. The van der Waals surface area contributed by atoms with Crippen molar-refractivity contribution < 1.29 is 39.0 Å². The molecule has 9 N–H and O–H groups in total. The van der Waals surface area contributed by atoms with Gasteiger partial charge in [-0.2, -0.15) is 0 Å². The van der Waals surface area contributed by atoms with Gasteiger partial charge in [-0.3, -0.25) is 24.0 Å². The van der Waals surface area contributed by atoms with E-state index in [1.165, 1.54) is 0 Å². The Morgan fingerprint density at radius 3 is 1.69 bits per heavy atom. The minimum Gasteiger partial charge on any atom is -0.481 e. The highest BCUT2D eigenvalue weighted by Gasteiger charge is 2.32. The van der Waals surface area contributed by atoms with Crippen LogP contribution in [-0.4, -0.2) is 69.9 Å². The lowest BCUT2D eigenvalue weighted by Gasteiger charge is -2.27. The maximum atomic E-state index is 12.8. The van der Waals surface area contributed by atoms with E-state index in [1.807, 2.05) is 0 Å². The maximum absolute atomic E-state index is 12.8. The number of carboxylic acid groups (broad SMARTS) is 2. The molecule has 13 nitrogen and oxygen atoms in total. The first-order chi connectivity index (χ1) is 14.7. The molecule has 0 spiro atoms. The Kier molecular flexibility index (Phi) is 11.9. The number of carboxylic acids is 2. The van der Waals surface area contributed by atoms with Crippen LogP contribution in [0.3, 0.4) is 0 Å². The zero-order valence-electron chi connectivity index (χ0n) is 18.6. The molecule has 0 aliphatic carbocycles. The first-order valence-electron chi connectivity index (χ1n) is 10.1. The molecule has 0 bridgehead atoms. The summed E-state index contributed by atoms with van der Waals surface area (Å²) in [6, 6.07) is -5.06. The first-order valence-corrected chi connectivity index (χ1v) is 10.1. The maximum Gasteiger partial charge on any atom is 0.326 e. The molecule has 0 aliphatic rings. The molecule has 13 heteroatoms. The van der Waals surface area contributed by atoms with Crippen LogP contribution in [0.5, 0.6) is 0 Å². The summed E-state index contributed by atoms with van der Waals surface area (Å²) in [5.74, 6) is -6.74. The van der Waals surface area contributed by atoms with E-state index in [2.05, 4.69) is 16.0 Å². The average Bonchev–Trinajstić information content (AvgIpc) is 2.65. The van der Waals surface area contributed by atoms with Gasteiger partial charge in [0.25, 0.3) is 0 Å². The molecule has 0 rings (SSSR count). The van der Waals surface area contributed by atoms with E-state index >= 15 is 0 Å². The second-order valence-electron chi connectivity index (χ2n) is 8.07. The molecule has 0 aromatic rings. The number of nitrogens with one attached hydrogen (secondary N) is 3. The number of primary amides is 1. The normalized spacial score (nSPS) is 14.7. The fourth-order valence-corrected chi connectivity index (χ4v) is 2.67. The van der Waals surface area contributed by atoms with Crippen LogP contribution >= 0.6 is 0 Å². The summed E-state index contributed by atoms with van der Waals surface area (Å²) in [5.41, 5.74) is 10.6. The van der Waals surface area contributed by atoms with Gasteiger partial charge in [0.1, 0.15) is 18.1 Å². The molecule has 4 atom stereocenters. The molecule has 4 amide bonds. The van der Waals surface area contributed by atoms with Gasteiger partial charge in [0.2, 0.25) is 23.6 Å². The molecule has 182 valence electrons. The van der Waals surface area contributed by atoms with Crippen LogP contribution in [0.4, 0.5) is 0 Å². The van der Waals surface area contributed by atoms with E-state index in [0.29, 0.717) is 0 Å². The predicted molar refractivity (Wildman–Crippen MR) is 112 cm³/mol. The summed E-state index contributed by atoms with van der Waals surface area (Å²) < 4.78 is 0. The average molecular weight is 460 g/mol. The minimum absolute atomic E-state index is 0.308. The molecule has 0 saturated heterocycles. The second-order valence-corrected chi connectivity index (χ2v) is 8.07. The molecule has 0 heterocycles.